The standard InChI is InChI=1S/C14H10ClN3O2S/c15-12-4-3-11(21-12)14(19)18-8-9-13(17-6-5-16-9)10-2-1-7-20-10/h1-7H,8H2,(H,18,19). The molecule has 0 unspecified atom stereocenters. The van der Waals surface area contributed by atoms with E-state index in [1.165, 1.54) is 11.3 Å². The van der Waals surface area contributed by atoms with Crippen LogP contribution < -0.4 is 5.32 Å². The Morgan fingerprint density at radius 1 is 1.29 bits per heavy atom. The minimum Gasteiger partial charge on any atom is -0.463 e. The molecule has 21 heavy (non-hydrogen) atoms. The first-order valence-electron chi connectivity index (χ1n) is 6.11. The van der Waals surface area contributed by atoms with Gasteiger partial charge in [0.05, 0.1) is 27.7 Å². The maximum absolute atomic E-state index is 12.0. The molecule has 0 spiro atoms. The maximum atomic E-state index is 12.0. The van der Waals surface area contributed by atoms with Gasteiger partial charge in [0.15, 0.2) is 5.76 Å². The molecule has 0 fully saturated rings. The summed E-state index contributed by atoms with van der Waals surface area (Å²) in [7, 11) is 0. The van der Waals surface area contributed by atoms with Crippen LogP contribution >= 0.6 is 22.9 Å². The van der Waals surface area contributed by atoms with Gasteiger partial charge in [-0.3, -0.25) is 9.78 Å². The van der Waals surface area contributed by atoms with Gasteiger partial charge in [-0.1, -0.05) is 11.6 Å². The number of rotatable bonds is 4. The normalized spacial score (nSPS) is 10.5. The largest absolute Gasteiger partial charge is 0.463 e. The quantitative estimate of drug-likeness (QED) is 0.800. The summed E-state index contributed by atoms with van der Waals surface area (Å²) in [5.41, 5.74) is 1.26. The Morgan fingerprint density at radius 2 is 2.14 bits per heavy atom. The highest BCUT2D eigenvalue weighted by molar-refractivity contribution is 7.17. The van der Waals surface area contributed by atoms with Crippen LogP contribution in [-0.4, -0.2) is 15.9 Å². The molecule has 0 aliphatic heterocycles. The average Bonchev–Trinajstić information content (AvgIpc) is 3.16. The lowest BCUT2D eigenvalue weighted by molar-refractivity contribution is 0.0954. The third-order valence-corrected chi connectivity index (χ3v) is 3.97. The first-order valence-corrected chi connectivity index (χ1v) is 7.31. The van der Waals surface area contributed by atoms with E-state index < -0.39 is 0 Å². The third-order valence-electron chi connectivity index (χ3n) is 2.74. The number of nitrogens with zero attached hydrogens (tertiary/aromatic N) is 2. The molecule has 3 heterocycles. The summed E-state index contributed by atoms with van der Waals surface area (Å²) in [5, 5.41) is 2.80. The van der Waals surface area contributed by atoms with Crippen molar-refractivity contribution in [3.63, 3.8) is 0 Å². The van der Waals surface area contributed by atoms with Gasteiger partial charge < -0.3 is 9.73 Å². The van der Waals surface area contributed by atoms with Gasteiger partial charge in [0.1, 0.15) is 5.69 Å². The maximum Gasteiger partial charge on any atom is 0.261 e. The highest BCUT2D eigenvalue weighted by Crippen LogP contribution is 2.22. The van der Waals surface area contributed by atoms with E-state index in [2.05, 4.69) is 15.3 Å². The molecule has 0 saturated heterocycles. The van der Waals surface area contributed by atoms with Crippen molar-refractivity contribution in [2.75, 3.05) is 0 Å². The second-order valence-corrected chi connectivity index (χ2v) is 5.83. The smallest absolute Gasteiger partial charge is 0.261 e. The van der Waals surface area contributed by atoms with Gasteiger partial charge in [-0.25, -0.2) is 4.98 Å². The number of carbonyl (C=O) groups is 1. The van der Waals surface area contributed by atoms with Crippen molar-refractivity contribution >= 4 is 28.8 Å². The lowest BCUT2D eigenvalue weighted by atomic mass is 10.2. The second kappa shape index (κ2) is 6.07. The molecule has 1 N–H and O–H groups in total. The average molecular weight is 320 g/mol. The Morgan fingerprint density at radius 3 is 2.86 bits per heavy atom. The molecular weight excluding hydrogens is 310 g/mol. The number of thiophene rings is 1. The van der Waals surface area contributed by atoms with Crippen LogP contribution in [0.15, 0.2) is 47.3 Å². The molecule has 3 aromatic heterocycles. The monoisotopic (exact) mass is 319 g/mol. The van der Waals surface area contributed by atoms with E-state index >= 15 is 0 Å². The van der Waals surface area contributed by atoms with Gasteiger partial charge in [0, 0.05) is 12.4 Å². The van der Waals surface area contributed by atoms with Crippen LogP contribution in [0.25, 0.3) is 11.5 Å². The Hall–Kier alpha value is -2.18. The number of nitrogens with one attached hydrogen (secondary N) is 1. The van der Waals surface area contributed by atoms with E-state index in [4.69, 9.17) is 16.0 Å². The summed E-state index contributed by atoms with van der Waals surface area (Å²) in [4.78, 5) is 21.1. The van der Waals surface area contributed by atoms with E-state index in [9.17, 15) is 4.79 Å². The van der Waals surface area contributed by atoms with Gasteiger partial charge >= 0.3 is 0 Å². The SMILES string of the molecule is O=C(NCc1nccnc1-c1ccco1)c1ccc(Cl)s1. The van der Waals surface area contributed by atoms with E-state index in [0.717, 1.165) is 0 Å². The Kier molecular flexibility index (Phi) is 3.98. The molecule has 5 nitrogen and oxygen atoms in total. The minimum atomic E-state index is -0.192. The van der Waals surface area contributed by atoms with E-state index in [-0.39, 0.29) is 12.5 Å². The van der Waals surface area contributed by atoms with Crippen molar-refractivity contribution in [3.8, 4) is 11.5 Å². The molecule has 0 saturated carbocycles. The van der Waals surface area contributed by atoms with Crippen LogP contribution in [0, 0.1) is 0 Å². The van der Waals surface area contributed by atoms with Crippen molar-refractivity contribution in [3.05, 3.63) is 57.8 Å². The Balaban J connectivity index is 1.75. The molecule has 0 aliphatic rings. The van der Waals surface area contributed by atoms with Gasteiger partial charge in [-0.15, -0.1) is 11.3 Å². The fourth-order valence-electron chi connectivity index (χ4n) is 1.80. The van der Waals surface area contributed by atoms with E-state index in [0.29, 0.717) is 26.4 Å². The Labute approximate surface area is 129 Å². The molecule has 0 aromatic carbocycles. The van der Waals surface area contributed by atoms with Crippen LogP contribution in [0.2, 0.25) is 4.34 Å². The van der Waals surface area contributed by atoms with Crippen LogP contribution in [0.3, 0.4) is 0 Å². The number of halogens is 1. The number of amides is 1. The number of hydrogen-bond donors (Lipinski definition) is 1. The molecule has 0 bridgehead atoms. The van der Waals surface area contributed by atoms with E-state index in [1.807, 2.05) is 0 Å². The van der Waals surface area contributed by atoms with E-state index in [1.54, 1.807) is 42.9 Å². The first-order chi connectivity index (χ1) is 10.2. The summed E-state index contributed by atoms with van der Waals surface area (Å²) in [6.07, 6.45) is 4.73. The molecule has 3 aromatic rings. The molecule has 0 radical (unpaired) electrons. The summed E-state index contributed by atoms with van der Waals surface area (Å²) in [5.74, 6) is 0.425. The molecule has 0 aliphatic carbocycles. The summed E-state index contributed by atoms with van der Waals surface area (Å²) in [6.45, 7) is 0.262. The summed E-state index contributed by atoms with van der Waals surface area (Å²) < 4.78 is 5.90. The van der Waals surface area contributed by atoms with Crippen molar-refractivity contribution in [1.29, 1.82) is 0 Å². The highest BCUT2D eigenvalue weighted by atomic mass is 35.5. The second-order valence-electron chi connectivity index (χ2n) is 4.12. The third kappa shape index (κ3) is 3.12. The molecule has 3 rings (SSSR count). The zero-order chi connectivity index (χ0) is 14.7. The Bertz CT molecular complexity index is 755. The highest BCUT2D eigenvalue weighted by Gasteiger charge is 2.13. The number of aromatic nitrogens is 2. The minimum absolute atomic E-state index is 0.192. The van der Waals surface area contributed by atoms with Gasteiger partial charge in [0.25, 0.3) is 5.91 Å². The van der Waals surface area contributed by atoms with Crippen molar-refractivity contribution in [2.24, 2.45) is 0 Å². The fourth-order valence-corrected chi connectivity index (χ4v) is 2.76. The summed E-state index contributed by atoms with van der Waals surface area (Å²) in [6, 6.07) is 6.96. The van der Waals surface area contributed by atoms with Gasteiger partial charge in [-0.2, -0.15) is 0 Å². The van der Waals surface area contributed by atoms with Crippen LogP contribution in [-0.2, 0) is 6.54 Å². The predicted molar refractivity (Wildman–Crippen MR) is 80.2 cm³/mol. The summed E-state index contributed by atoms with van der Waals surface area (Å²) >= 11 is 7.05. The number of carbonyl (C=O) groups excluding carboxylic acids is 1. The van der Waals surface area contributed by atoms with Crippen LogP contribution in [0.1, 0.15) is 15.4 Å². The zero-order valence-electron chi connectivity index (χ0n) is 10.7. The molecule has 7 heteroatoms. The van der Waals surface area contributed by atoms with Crippen molar-refractivity contribution in [1.82, 2.24) is 15.3 Å². The molecule has 1 amide bonds. The van der Waals surface area contributed by atoms with Gasteiger partial charge in [0.2, 0.25) is 0 Å². The number of furan rings is 1. The topological polar surface area (TPSA) is 68.0 Å². The predicted octanol–water partition coefficient (Wildman–Crippen LogP) is 3.38. The van der Waals surface area contributed by atoms with Gasteiger partial charge in [-0.05, 0) is 24.3 Å². The van der Waals surface area contributed by atoms with Crippen molar-refractivity contribution < 1.29 is 9.21 Å². The fraction of sp³-hybridized carbons (Fsp3) is 0.0714. The lowest BCUT2D eigenvalue weighted by Gasteiger charge is -2.06. The lowest BCUT2D eigenvalue weighted by Crippen LogP contribution is -2.22. The van der Waals surface area contributed by atoms with Crippen molar-refractivity contribution in [2.45, 2.75) is 6.54 Å². The number of hydrogen-bond acceptors (Lipinski definition) is 5. The van der Waals surface area contributed by atoms with Crippen LogP contribution in [0.4, 0.5) is 0 Å². The molecular formula is C14H10ClN3O2S. The molecule has 0 atom stereocenters. The zero-order valence-corrected chi connectivity index (χ0v) is 12.3. The first kappa shape index (κ1) is 13.8. The van der Waals surface area contributed by atoms with Crippen LogP contribution in [0.5, 0.6) is 0 Å². The molecule has 106 valence electrons.